The molecule has 9 N–H and O–H groups in total. The lowest BCUT2D eigenvalue weighted by molar-refractivity contribution is -0.359. The Kier molecular flexibility index (Phi) is 52.9. The van der Waals surface area contributed by atoms with Gasteiger partial charge >= 0.3 is 0 Å². The summed E-state index contributed by atoms with van der Waals surface area (Å²) in [6.07, 6.45) is 69.3. The van der Waals surface area contributed by atoms with E-state index >= 15 is 0 Å². The summed E-state index contributed by atoms with van der Waals surface area (Å²) in [7, 11) is 0. The lowest BCUT2D eigenvalue weighted by atomic mass is 9.97. The van der Waals surface area contributed by atoms with Crippen LogP contribution in [0.3, 0.4) is 0 Å². The first-order chi connectivity index (χ1) is 43.6. The molecule has 14 heteroatoms. The van der Waals surface area contributed by atoms with Crippen LogP contribution < -0.4 is 5.32 Å². The number of allylic oxidation sites excluding steroid dienone is 21. The van der Waals surface area contributed by atoms with Crippen molar-refractivity contribution in [3.8, 4) is 0 Å². The number of nitrogens with one attached hydrogen (secondary N) is 1. The summed E-state index contributed by atoms with van der Waals surface area (Å²) in [5, 5.41) is 87.3. The molecule has 2 aliphatic heterocycles. The highest BCUT2D eigenvalue weighted by Crippen LogP contribution is 2.30. The second-order valence-electron chi connectivity index (χ2n) is 23.9. The first kappa shape index (κ1) is 81.2. The van der Waals surface area contributed by atoms with Gasteiger partial charge < -0.3 is 65.1 Å². The minimum absolute atomic E-state index is 0.259. The van der Waals surface area contributed by atoms with Gasteiger partial charge in [-0.3, -0.25) is 4.79 Å². The largest absolute Gasteiger partial charge is 0.394 e. The molecule has 0 aromatic heterocycles. The van der Waals surface area contributed by atoms with Crippen LogP contribution in [-0.2, 0) is 23.7 Å². The Balaban J connectivity index is 1.66. The molecule has 2 fully saturated rings. The third-order valence-electron chi connectivity index (χ3n) is 16.0. The third-order valence-corrected chi connectivity index (χ3v) is 16.0. The molecule has 2 rings (SSSR count). The van der Waals surface area contributed by atoms with Gasteiger partial charge in [0.05, 0.1) is 32.0 Å². The van der Waals surface area contributed by atoms with Gasteiger partial charge in [-0.2, -0.15) is 0 Å². The highest BCUT2D eigenvalue weighted by molar-refractivity contribution is 5.76. The zero-order valence-electron chi connectivity index (χ0n) is 55.1. The van der Waals surface area contributed by atoms with Gasteiger partial charge in [0.15, 0.2) is 12.6 Å². The molecule has 0 saturated carbocycles. The van der Waals surface area contributed by atoms with Crippen LogP contribution in [0.5, 0.6) is 0 Å². The number of unbranched alkanes of at least 4 members (excludes halogenated alkanes) is 22. The zero-order chi connectivity index (χ0) is 64.5. The van der Waals surface area contributed by atoms with Crippen molar-refractivity contribution in [2.75, 3.05) is 19.8 Å². The summed E-state index contributed by atoms with van der Waals surface area (Å²) in [6, 6.07) is -0.948. The lowest BCUT2D eigenvalue weighted by Crippen LogP contribution is -2.65. The average molecular weight is 1250 g/mol. The Hall–Kier alpha value is -3.87. The van der Waals surface area contributed by atoms with Gasteiger partial charge in [-0.05, 0) is 109 Å². The van der Waals surface area contributed by atoms with Crippen LogP contribution >= 0.6 is 0 Å². The fourth-order valence-electron chi connectivity index (χ4n) is 10.5. The molecule has 0 bridgehead atoms. The highest BCUT2D eigenvalue weighted by atomic mass is 16.7. The van der Waals surface area contributed by atoms with Crippen LogP contribution in [0.4, 0.5) is 0 Å². The Morgan fingerprint density at radius 2 is 0.787 bits per heavy atom. The maximum absolute atomic E-state index is 13.3. The predicted octanol–water partition coefficient (Wildman–Crippen LogP) is 14.3. The Bertz CT molecular complexity index is 2010. The standard InChI is InChI=1S/C75H125NO13/c1-3-5-7-9-11-13-15-17-19-21-23-24-25-26-27-28-29-30-31-32-33-34-35-36-37-38-39-40-41-43-45-47-49-51-53-55-57-59-67(80)76-63(64(79)58-56-54-52-50-48-46-44-42-22-20-18-16-14-12-10-8-6-4-2)62-86-74-72(85)70(83)73(66(61-78)88-74)89-75-71(84)69(82)68(81)65(60-77)87-75/h5,7,11,13,17,19,22-24,26-27,29-30,32-33,35-36,42,48,50,56,58,63-66,68-75,77-79,81-85H,3-4,6,8-10,12,14-16,18,20-21,25,28,31,34,37-41,43-47,49,51-55,57,59-62H2,1-2H3,(H,76,80)/b7-5-,13-11-,19-17-,24-23-,27-26-,30-29-,33-32-,36-35-,42-22+,50-48+,58-56+. The topological polar surface area (TPSA) is 228 Å². The number of aliphatic hydroxyl groups is 8. The van der Waals surface area contributed by atoms with Crippen LogP contribution in [0.2, 0.25) is 0 Å². The van der Waals surface area contributed by atoms with Gasteiger partial charge in [0.2, 0.25) is 5.91 Å². The van der Waals surface area contributed by atoms with Gasteiger partial charge in [0, 0.05) is 6.42 Å². The van der Waals surface area contributed by atoms with Crippen LogP contribution in [-0.4, -0.2) is 140 Å². The van der Waals surface area contributed by atoms with E-state index in [1.54, 1.807) is 6.08 Å². The normalized spacial score (nSPS) is 23.9. The molecule has 0 aromatic carbocycles. The minimum atomic E-state index is -1.80. The van der Waals surface area contributed by atoms with Crippen LogP contribution in [0.25, 0.3) is 0 Å². The summed E-state index contributed by atoms with van der Waals surface area (Å²) in [5.41, 5.74) is 0. The van der Waals surface area contributed by atoms with Crippen molar-refractivity contribution in [3.05, 3.63) is 134 Å². The van der Waals surface area contributed by atoms with E-state index in [1.165, 1.54) is 103 Å². The lowest BCUT2D eigenvalue weighted by Gasteiger charge is -2.46. The fraction of sp³-hybridized carbons (Fsp3) is 0.693. The van der Waals surface area contributed by atoms with Crippen molar-refractivity contribution in [1.82, 2.24) is 5.32 Å². The molecule has 0 aliphatic carbocycles. The van der Waals surface area contributed by atoms with Crippen LogP contribution in [0.1, 0.15) is 239 Å². The van der Waals surface area contributed by atoms with E-state index in [1.807, 2.05) is 6.08 Å². The highest BCUT2D eigenvalue weighted by Gasteiger charge is 2.51. The van der Waals surface area contributed by atoms with Crippen LogP contribution in [0, 0.1) is 0 Å². The molecular weight excluding hydrogens is 1120 g/mol. The number of hydrogen-bond donors (Lipinski definition) is 9. The fourth-order valence-corrected chi connectivity index (χ4v) is 10.5. The molecule has 508 valence electrons. The van der Waals surface area contributed by atoms with Gasteiger partial charge in [-0.15, -0.1) is 0 Å². The van der Waals surface area contributed by atoms with Gasteiger partial charge in [-0.25, -0.2) is 0 Å². The van der Waals surface area contributed by atoms with Crippen molar-refractivity contribution in [3.63, 3.8) is 0 Å². The molecule has 14 nitrogen and oxygen atoms in total. The summed E-state index contributed by atoms with van der Waals surface area (Å²) >= 11 is 0. The Morgan fingerprint density at radius 3 is 1.24 bits per heavy atom. The van der Waals surface area contributed by atoms with Gasteiger partial charge in [0.25, 0.3) is 0 Å². The second kappa shape index (κ2) is 58.0. The zero-order valence-corrected chi connectivity index (χ0v) is 55.1. The number of aliphatic hydroxyl groups excluding tert-OH is 8. The van der Waals surface area contributed by atoms with E-state index < -0.39 is 86.8 Å². The molecule has 0 aromatic rings. The maximum atomic E-state index is 13.3. The summed E-state index contributed by atoms with van der Waals surface area (Å²) in [5.74, 6) is -0.260. The Morgan fingerprint density at radius 1 is 0.416 bits per heavy atom. The van der Waals surface area contributed by atoms with E-state index in [-0.39, 0.29) is 18.9 Å². The maximum Gasteiger partial charge on any atom is 0.220 e. The smallest absolute Gasteiger partial charge is 0.220 e. The number of ether oxygens (including phenoxy) is 4. The predicted molar refractivity (Wildman–Crippen MR) is 364 cm³/mol. The first-order valence-corrected chi connectivity index (χ1v) is 34.9. The van der Waals surface area contributed by atoms with Crippen molar-refractivity contribution < 1.29 is 64.6 Å². The minimum Gasteiger partial charge on any atom is -0.394 e. The number of rotatable bonds is 55. The number of carbonyl (C=O) groups excluding carboxylic acids is 1. The molecule has 2 heterocycles. The molecule has 0 spiro atoms. The quantitative estimate of drug-likeness (QED) is 0.0204. The van der Waals surface area contributed by atoms with E-state index in [0.717, 1.165) is 103 Å². The molecular formula is C75H125NO13. The number of amides is 1. The summed E-state index contributed by atoms with van der Waals surface area (Å²) in [4.78, 5) is 13.3. The number of carbonyl (C=O) groups is 1. The van der Waals surface area contributed by atoms with E-state index in [9.17, 15) is 45.6 Å². The monoisotopic (exact) mass is 1250 g/mol. The molecule has 0 radical (unpaired) electrons. The van der Waals surface area contributed by atoms with Crippen molar-refractivity contribution in [1.29, 1.82) is 0 Å². The molecule has 89 heavy (non-hydrogen) atoms. The summed E-state index contributed by atoms with van der Waals surface area (Å²) < 4.78 is 22.8. The van der Waals surface area contributed by atoms with E-state index in [0.29, 0.717) is 12.8 Å². The van der Waals surface area contributed by atoms with Gasteiger partial charge in [-0.1, -0.05) is 257 Å². The van der Waals surface area contributed by atoms with Crippen molar-refractivity contribution >= 4 is 5.91 Å². The molecule has 12 unspecified atom stereocenters. The number of hydrogen-bond acceptors (Lipinski definition) is 13. The van der Waals surface area contributed by atoms with Crippen LogP contribution in [0.15, 0.2) is 134 Å². The molecule has 12 atom stereocenters. The second-order valence-corrected chi connectivity index (χ2v) is 23.9. The van der Waals surface area contributed by atoms with Gasteiger partial charge in [0.1, 0.15) is 48.8 Å². The average Bonchev–Trinajstić information content (AvgIpc) is 1.44. The molecule has 2 aliphatic rings. The third kappa shape index (κ3) is 42.1. The Labute approximate surface area is 539 Å². The first-order valence-electron chi connectivity index (χ1n) is 34.9. The van der Waals surface area contributed by atoms with E-state index in [2.05, 4.69) is 141 Å². The van der Waals surface area contributed by atoms with Crippen molar-refractivity contribution in [2.45, 2.75) is 312 Å². The van der Waals surface area contributed by atoms with E-state index in [4.69, 9.17) is 18.9 Å². The van der Waals surface area contributed by atoms with Crippen molar-refractivity contribution in [2.24, 2.45) is 0 Å². The molecule has 2 saturated heterocycles. The molecule has 1 amide bonds. The summed E-state index contributed by atoms with van der Waals surface area (Å²) in [6.45, 7) is 2.65. The SMILES string of the molecule is CC/C=C\C/C=C\C/C=C\C/C=C\C/C=C\C/C=C\C/C=C\C/C=C\CCCCCCCCCCCCCCC(=O)NC(COC1OC(CO)C(OC2OC(CO)C(O)C(O)C2O)C(O)C1O)C(O)/C=C/CC/C=C/CC/C=C/CCCCCCCCCC.